The molecule has 1 aliphatic heterocycles. The number of nitrogens with zero attached hydrogens (tertiary/aromatic N) is 2. The second kappa shape index (κ2) is 8.75. The van der Waals surface area contributed by atoms with Gasteiger partial charge in [-0.2, -0.15) is 0 Å². The van der Waals surface area contributed by atoms with Crippen molar-refractivity contribution in [1.82, 2.24) is 14.5 Å². The average Bonchev–Trinajstić information content (AvgIpc) is 3.19. The van der Waals surface area contributed by atoms with Gasteiger partial charge in [-0.1, -0.05) is 54.6 Å². The van der Waals surface area contributed by atoms with Gasteiger partial charge in [0.25, 0.3) is 5.91 Å². The van der Waals surface area contributed by atoms with Crippen molar-refractivity contribution >= 4 is 16.9 Å². The van der Waals surface area contributed by atoms with Crippen LogP contribution in [0.5, 0.6) is 5.75 Å². The summed E-state index contributed by atoms with van der Waals surface area (Å²) in [5.41, 5.74) is 3.31. The highest BCUT2D eigenvalue weighted by atomic mass is 16.5. The predicted octanol–water partition coefficient (Wildman–Crippen LogP) is 4.39. The monoisotopic (exact) mass is 427 g/mol. The van der Waals surface area contributed by atoms with E-state index in [0.29, 0.717) is 31.0 Å². The molecule has 0 aliphatic carbocycles. The Bertz CT molecular complexity index is 1280. The lowest BCUT2D eigenvalue weighted by atomic mass is 10.0. The number of H-pyrrole nitrogens is 1. The molecule has 5 rings (SSSR count). The van der Waals surface area contributed by atoms with E-state index in [2.05, 4.69) is 4.98 Å². The van der Waals surface area contributed by atoms with Crippen LogP contribution >= 0.6 is 0 Å². The van der Waals surface area contributed by atoms with Crippen LogP contribution in [0.25, 0.3) is 11.0 Å². The number of para-hydroxylation sites is 3. The molecule has 1 fully saturated rings. The van der Waals surface area contributed by atoms with Crippen molar-refractivity contribution in [2.75, 3.05) is 13.1 Å². The molecule has 162 valence electrons. The van der Waals surface area contributed by atoms with Crippen LogP contribution in [0.15, 0.2) is 83.7 Å². The molecule has 1 aliphatic rings. The SMILES string of the molecule is O=C(c1ccccc1OCc1ccccc1)N1CCC(n2c(=O)[nH]c3ccccc32)CC1. The number of rotatable bonds is 5. The quantitative estimate of drug-likeness (QED) is 0.514. The van der Waals surface area contributed by atoms with Crippen molar-refractivity contribution in [2.24, 2.45) is 0 Å². The minimum Gasteiger partial charge on any atom is -0.488 e. The number of piperidine rings is 1. The van der Waals surface area contributed by atoms with Crippen molar-refractivity contribution in [1.29, 1.82) is 0 Å². The van der Waals surface area contributed by atoms with E-state index in [1.807, 2.05) is 88.3 Å². The molecule has 3 aromatic carbocycles. The molecule has 1 amide bonds. The maximum absolute atomic E-state index is 13.3. The molecule has 0 unspecified atom stereocenters. The van der Waals surface area contributed by atoms with Gasteiger partial charge in [0, 0.05) is 19.1 Å². The Labute approximate surface area is 186 Å². The Morgan fingerprint density at radius 1 is 0.906 bits per heavy atom. The van der Waals surface area contributed by atoms with Crippen molar-refractivity contribution in [3.8, 4) is 5.75 Å². The van der Waals surface area contributed by atoms with Gasteiger partial charge in [-0.25, -0.2) is 4.79 Å². The van der Waals surface area contributed by atoms with Crippen LogP contribution in [-0.2, 0) is 6.61 Å². The molecule has 2 heterocycles. The molecule has 1 saturated heterocycles. The number of benzene rings is 3. The van der Waals surface area contributed by atoms with Crippen molar-refractivity contribution in [2.45, 2.75) is 25.5 Å². The fraction of sp³-hybridized carbons (Fsp3) is 0.231. The van der Waals surface area contributed by atoms with Crippen LogP contribution in [-0.4, -0.2) is 33.4 Å². The van der Waals surface area contributed by atoms with Crippen molar-refractivity contribution < 1.29 is 9.53 Å². The second-order valence-corrected chi connectivity index (χ2v) is 8.11. The zero-order valence-corrected chi connectivity index (χ0v) is 17.7. The zero-order valence-electron chi connectivity index (χ0n) is 17.7. The van der Waals surface area contributed by atoms with Gasteiger partial charge in [-0.15, -0.1) is 0 Å². The number of imidazole rings is 1. The number of amides is 1. The van der Waals surface area contributed by atoms with Gasteiger partial charge >= 0.3 is 5.69 Å². The Morgan fingerprint density at radius 2 is 1.59 bits per heavy atom. The van der Waals surface area contributed by atoms with E-state index in [1.54, 1.807) is 0 Å². The fourth-order valence-corrected chi connectivity index (χ4v) is 4.44. The number of hydrogen-bond donors (Lipinski definition) is 1. The van der Waals surface area contributed by atoms with Crippen LogP contribution in [0.2, 0.25) is 0 Å². The number of aromatic nitrogens is 2. The van der Waals surface area contributed by atoms with Gasteiger partial charge in [0.1, 0.15) is 12.4 Å². The van der Waals surface area contributed by atoms with E-state index < -0.39 is 0 Å². The topological polar surface area (TPSA) is 67.3 Å². The normalized spacial score (nSPS) is 14.6. The van der Waals surface area contributed by atoms with Crippen LogP contribution in [0, 0.1) is 0 Å². The average molecular weight is 428 g/mol. The number of hydrogen-bond acceptors (Lipinski definition) is 3. The van der Waals surface area contributed by atoms with E-state index in [0.717, 1.165) is 29.4 Å². The predicted molar refractivity (Wildman–Crippen MR) is 124 cm³/mol. The number of carbonyl (C=O) groups excluding carboxylic acids is 1. The van der Waals surface area contributed by atoms with E-state index in [9.17, 15) is 9.59 Å². The van der Waals surface area contributed by atoms with Gasteiger partial charge in [0.15, 0.2) is 0 Å². The molecule has 0 bridgehead atoms. The third-order valence-corrected chi connectivity index (χ3v) is 6.10. The number of likely N-dealkylation sites (tertiary alicyclic amines) is 1. The first-order chi connectivity index (χ1) is 15.7. The van der Waals surface area contributed by atoms with E-state index in [-0.39, 0.29) is 17.6 Å². The summed E-state index contributed by atoms with van der Waals surface area (Å²) < 4.78 is 7.82. The van der Waals surface area contributed by atoms with Gasteiger partial charge < -0.3 is 14.6 Å². The lowest BCUT2D eigenvalue weighted by Crippen LogP contribution is -2.40. The van der Waals surface area contributed by atoms with Gasteiger partial charge in [0.05, 0.1) is 16.6 Å². The summed E-state index contributed by atoms with van der Waals surface area (Å²) in [6, 6.07) is 25.1. The molecule has 0 spiro atoms. The summed E-state index contributed by atoms with van der Waals surface area (Å²) in [4.78, 5) is 30.6. The summed E-state index contributed by atoms with van der Waals surface area (Å²) >= 11 is 0. The maximum Gasteiger partial charge on any atom is 0.326 e. The molecule has 1 aromatic heterocycles. The molecule has 0 radical (unpaired) electrons. The molecular formula is C26H25N3O3. The van der Waals surface area contributed by atoms with Gasteiger partial charge in [0.2, 0.25) is 0 Å². The largest absolute Gasteiger partial charge is 0.488 e. The maximum atomic E-state index is 13.3. The minimum absolute atomic E-state index is 0.0293. The van der Waals surface area contributed by atoms with Crippen LogP contribution < -0.4 is 10.4 Å². The van der Waals surface area contributed by atoms with Crippen LogP contribution in [0.1, 0.15) is 34.8 Å². The second-order valence-electron chi connectivity index (χ2n) is 8.11. The third-order valence-electron chi connectivity index (χ3n) is 6.10. The van der Waals surface area contributed by atoms with Crippen molar-refractivity contribution in [3.05, 3.63) is 100 Å². The summed E-state index contributed by atoms with van der Waals surface area (Å²) in [7, 11) is 0. The Hall–Kier alpha value is -3.80. The van der Waals surface area contributed by atoms with Gasteiger partial charge in [-0.05, 0) is 42.7 Å². The zero-order chi connectivity index (χ0) is 21.9. The summed E-state index contributed by atoms with van der Waals surface area (Å²) in [5, 5.41) is 0. The lowest BCUT2D eigenvalue weighted by molar-refractivity contribution is 0.0690. The molecule has 1 N–H and O–H groups in total. The molecule has 6 nitrogen and oxygen atoms in total. The van der Waals surface area contributed by atoms with Crippen LogP contribution in [0.3, 0.4) is 0 Å². The molecule has 4 aromatic rings. The van der Waals surface area contributed by atoms with E-state index in [1.165, 1.54) is 0 Å². The fourth-order valence-electron chi connectivity index (χ4n) is 4.44. The molecule has 6 heteroatoms. The van der Waals surface area contributed by atoms with E-state index in [4.69, 9.17) is 4.74 Å². The first kappa shape index (κ1) is 20.1. The third kappa shape index (κ3) is 3.91. The summed E-state index contributed by atoms with van der Waals surface area (Å²) in [5.74, 6) is 0.565. The van der Waals surface area contributed by atoms with Crippen LogP contribution in [0.4, 0.5) is 0 Å². The summed E-state index contributed by atoms with van der Waals surface area (Å²) in [6.07, 6.45) is 1.47. The first-order valence-electron chi connectivity index (χ1n) is 10.9. The number of carbonyl (C=O) groups is 1. The Kier molecular flexibility index (Phi) is 5.50. The number of aromatic amines is 1. The Balaban J connectivity index is 1.29. The molecule has 0 saturated carbocycles. The molecule has 0 atom stereocenters. The highest BCUT2D eigenvalue weighted by Gasteiger charge is 2.27. The number of nitrogens with one attached hydrogen (secondary N) is 1. The summed E-state index contributed by atoms with van der Waals surface area (Å²) in [6.45, 7) is 1.61. The van der Waals surface area contributed by atoms with E-state index >= 15 is 0 Å². The molecule has 32 heavy (non-hydrogen) atoms. The smallest absolute Gasteiger partial charge is 0.326 e. The highest BCUT2D eigenvalue weighted by Crippen LogP contribution is 2.28. The molecular weight excluding hydrogens is 402 g/mol. The minimum atomic E-state index is -0.0874. The standard InChI is InChI=1S/C26H25N3O3/c30-25(21-10-4-7-13-24(21)32-18-19-8-2-1-3-9-19)28-16-14-20(15-17-28)29-23-12-6-5-11-22(23)27-26(29)31/h1-13,20H,14-18H2,(H,27,31). The number of fused-ring (bicyclic) bond motifs is 1. The highest BCUT2D eigenvalue weighted by molar-refractivity contribution is 5.97. The first-order valence-corrected chi connectivity index (χ1v) is 10.9. The van der Waals surface area contributed by atoms with Crippen molar-refractivity contribution in [3.63, 3.8) is 0 Å². The number of ether oxygens (including phenoxy) is 1. The lowest BCUT2D eigenvalue weighted by Gasteiger charge is -2.33. The Morgan fingerprint density at radius 3 is 2.41 bits per heavy atom. The van der Waals surface area contributed by atoms with Gasteiger partial charge in [-0.3, -0.25) is 9.36 Å².